The number of carbonyl (C=O) groups excluding carboxylic acids is 2. The highest BCUT2D eigenvalue weighted by Crippen LogP contribution is 2.23. The average Bonchev–Trinajstić information content (AvgIpc) is 3.15. The lowest BCUT2D eigenvalue weighted by molar-refractivity contribution is -0.121. The van der Waals surface area contributed by atoms with E-state index < -0.39 is 21.7 Å². The van der Waals surface area contributed by atoms with Crippen molar-refractivity contribution in [3.05, 3.63) is 53.4 Å². The molecule has 3 aromatic rings. The van der Waals surface area contributed by atoms with Crippen molar-refractivity contribution in [2.24, 2.45) is 5.92 Å². The number of pyridine rings is 2. The van der Waals surface area contributed by atoms with E-state index in [1.165, 1.54) is 10.6 Å². The fraction of sp³-hybridized carbons (Fsp3) is 0.300. The van der Waals surface area contributed by atoms with E-state index in [-0.39, 0.29) is 23.3 Å². The first-order valence-corrected chi connectivity index (χ1v) is 11.9. The van der Waals surface area contributed by atoms with Crippen LogP contribution < -0.4 is 5.32 Å². The lowest BCUT2D eigenvalue weighted by Gasteiger charge is -2.31. The van der Waals surface area contributed by atoms with Crippen molar-refractivity contribution in [2.75, 3.05) is 24.7 Å². The first kappa shape index (κ1) is 21.3. The van der Waals surface area contributed by atoms with Crippen molar-refractivity contribution >= 4 is 44.6 Å². The molecule has 31 heavy (non-hydrogen) atoms. The number of imidazole rings is 1. The smallest absolute Gasteiger partial charge is 0.274 e. The summed E-state index contributed by atoms with van der Waals surface area (Å²) in [4.78, 5) is 35.6. The molecular formula is C20H20ClN5O4S. The molecule has 0 spiro atoms. The van der Waals surface area contributed by atoms with Gasteiger partial charge in [-0.05, 0) is 37.1 Å². The van der Waals surface area contributed by atoms with Gasteiger partial charge in [-0.25, -0.2) is 18.4 Å². The van der Waals surface area contributed by atoms with Crippen molar-refractivity contribution in [3.8, 4) is 0 Å². The van der Waals surface area contributed by atoms with Crippen molar-refractivity contribution in [2.45, 2.75) is 18.0 Å². The van der Waals surface area contributed by atoms with Crippen molar-refractivity contribution in [1.29, 1.82) is 0 Å². The number of aromatic nitrogens is 3. The van der Waals surface area contributed by atoms with E-state index in [9.17, 15) is 18.0 Å². The molecule has 1 fully saturated rings. The van der Waals surface area contributed by atoms with E-state index in [2.05, 4.69) is 15.3 Å². The molecule has 0 aliphatic carbocycles. The number of sulfone groups is 1. The molecule has 1 aliphatic rings. The second-order valence-corrected chi connectivity index (χ2v) is 9.76. The normalized spacial score (nSPS) is 17.0. The van der Waals surface area contributed by atoms with Gasteiger partial charge in [0.2, 0.25) is 20.9 Å². The van der Waals surface area contributed by atoms with Gasteiger partial charge in [-0.1, -0.05) is 17.7 Å². The minimum Gasteiger partial charge on any atom is -0.336 e. The van der Waals surface area contributed by atoms with E-state index in [1.807, 2.05) is 0 Å². The van der Waals surface area contributed by atoms with E-state index in [4.69, 9.17) is 11.6 Å². The summed E-state index contributed by atoms with van der Waals surface area (Å²) in [6.07, 6.45) is 5.32. The zero-order chi connectivity index (χ0) is 22.2. The van der Waals surface area contributed by atoms with Gasteiger partial charge in [0.05, 0.1) is 16.5 Å². The quantitative estimate of drug-likeness (QED) is 0.637. The first-order valence-electron chi connectivity index (χ1n) is 9.63. The van der Waals surface area contributed by atoms with Gasteiger partial charge in [0.15, 0.2) is 5.69 Å². The van der Waals surface area contributed by atoms with Crippen LogP contribution in [-0.4, -0.2) is 58.8 Å². The van der Waals surface area contributed by atoms with Gasteiger partial charge in [0, 0.05) is 31.7 Å². The van der Waals surface area contributed by atoms with Crippen LogP contribution in [0.5, 0.6) is 0 Å². The summed E-state index contributed by atoms with van der Waals surface area (Å²) in [5.74, 6) is -0.672. The number of halogens is 1. The van der Waals surface area contributed by atoms with Crippen LogP contribution in [0, 0.1) is 5.92 Å². The second-order valence-electron chi connectivity index (χ2n) is 7.41. The molecule has 0 radical (unpaired) electrons. The van der Waals surface area contributed by atoms with E-state index in [0.717, 1.165) is 6.26 Å². The van der Waals surface area contributed by atoms with Crippen LogP contribution in [0.1, 0.15) is 23.3 Å². The number of nitrogens with zero attached hydrogens (tertiary/aromatic N) is 4. The van der Waals surface area contributed by atoms with Gasteiger partial charge in [-0.2, -0.15) is 0 Å². The Labute approximate surface area is 184 Å². The summed E-state index contributed by atoms with van der Waals surface area (Å²) < 4.78 is 25.6. The highest BCUT2D eigenvalue weighted by Gasteiger charge is 2.32. The molecule has 1 atom stereocenters. The molecule has 4 rings (SSSR count). The van der Waals surface area contributed by atoms with E-state index >= 15 is 0 Å². The summed E-state index contributed by atoms with van der Waals surface area (Å²) in [6.45, 7) is 0.667. The predicted molar refractivity (Wildman–Crippen MR) is 115 cm³/mol. The first-order chi connectivity index (χ1) is 14.7. The van der Waals surface area contributed by atoms with Crippen LogP contribution in [0.25, 0.3) is 5.52 Å². The Bertz CT molecular complexity index is 1260. The monoisotopic (exact) mass is 461 g/mol. The van der Waals surface area contributed by atoms with Crippen LogP contribution in [-0.2, 0) is 14.6 Å². The summed E-state index contributed by atoms with van der Waals surface area (Å²) in [7, 11) is -3.63. The number of hydrogen-bond donors (Lipinski definition) is 1. The van der Waals surface area contributed by atoms with Crippen LogP contribution in [0.2, 0.25) is 5.02 Å². The topological polar surface area (TPSA) is 114 Å². The molecule has 1 aliphatic heterocycles. The maximum absolute atomic E-state index is 13.2. The van der Waals surface area contributed by atoms with Gasteiger partial charge in [0.25, 0.3) is 5.91 Å². The molecule has 0 aromatic carbocycles. The van der Waals surface area contributed by atoms with Crippen LogP contribution in [0.3, 0.4) is 0 Å². The molecule has 162 valence electrons. The number of rotatable bonds is 4. The van der Waals surface area contributed by atoms with Crippen LogP contribution in [0.15, 0.2) is 47.9 Å². The van der Waals surface area contributed by atoms with Crippen molar-refractivity contribution < 1.29 is 18.0 Å². The fourth-order valence-corrected chi connectivity index (χ4v) is 4.52. The third-order valence-electron chi connectivity index (χ3n) is 5.11. The molecule has 4 heterocycles. The third-order valence-corrected chi connectivity index (χ3v) is 6.28. The predicted octanol–water partition coefficient (Wildman–Crippen LogP) is 2.28. The summed E-state index contributed by atoms with van der Waals surface area (Å²) in [5.41, 5.74) is 0.464. The number of carbonyl (C=O) groups is 2. The van der Waals surface area contributed by atoms with Crippen LogP contribution in [0.4, 0.5) is 5.82 Å². The molecule has 0 bridgehead atoms. The molecule has 1 saturated heterocycles. The third kappa shape index (κ3) is 4.40. The summed E-state index contributed by atoms with van der Waals surface area (Å²) in [5, 5.41) is 3.02. The fourth-order valence-electron chi connectivity index (χ4n) is 3.63. The molecule has 0 saturated carbocycles. The van der Waals surface area contributed by atoms with E-state index in [0.29, 0.717) is 35.7 Å². The maximum atomic E-state index is 13.2. The Morgan fingerprint density at radius 1 is 1.23 bits per heavy atom. The Morgan fingerprint density at radius 3 is 2.74 bits per heavy atom. The zero-order valence-electron chi connectivity index (χ0n) is 16.7. The van der Waals surface area contributed by atoms with E-state index in [1.54, 1.807) is 41.4 Å². The summed E-state index contributed by atoms with van der Waals surface area (Å²) in [6, 6.07) is 8.27. The molecule has 11 heteroatoms. The number of likely N-dealkylation sites (tertiary alicyclic amines) is 1. The highest BCUT2D eigenvalue weighted by molar-refractivity contribution is 7.90. The van der Waals surface area contributed by atoms with Gasteiger partial charge in [0.1, 0.15) is 5.82 Å². The Hall–Kier alpha value is -2.98. The number of hydrogen-bond acceptors (Lipinski definition) is 6. The minimum atomic E-state index is -3.63. The molecule has 1 unspecified atom stereocenters. The molecule has 1 N–H and O–H groups in total. The van der Waals surface area contributed by atoms with Gasteiger partial charge in [-0.3, -0.25) is 14.0 Å². The standard InChI is InChI=1S/C20H20ClN5O4S/c1-31(29,30)20-24-17(15-6-2-3-10-26(15)20)19(28)25-9-4-5-13(12-25)18(27)23-16-8-7-14(21)11-22-16/h2-3,6-8,10-11,13H,4-5,9,12H2,1H3,(H,22,23,27). The Balaban J connectivity index is 1.55. The Morgan fingerprint density at radius 2 is 2.03 bits per heavy atom. The SMILES string of the molecule is CS(=O)(=O)c1nc(C(=O)N2CCCC(C(=O)Nc3ccc(Cl)cn3)C2)c2ccccn12. The summed E-state index contributed by atoms with van der Waals surface area (Å²) >= 11 is 5.82. The number of anilines is 1. The van der Waals surface area contributed by atoms with Crippen molar-refractivity contribution in [3.63, 3.8) is 0 Å². The highest BCUT2D eigenvalue weighted by atomic mass is 35.5. The van der Waals surface area contributed by atoms with Gasteiger partial charge < -0.3 is 10.2 Å². The number of amides is 2. The molecule has 9 nitrogen and oxygen atoms in total. The molecule has 3 aromatic heterocycles. The average molecular weight is 462 g/mol. The maximum Gasteiger partial charge on any atom is 0.274 e. The number of fused-ring (bicyclic) bond motifs is 1. The minimum absolute atomic E-state index is 0.0569. The number of piperidine rings is 1. The largest absolute Gasteiger partial charge is 0.336 e. The Kier molecular flexibility index (Phi) is 5.67. The van der Waals surface area contributed by atoms with Crippen LogP contribution >= 0.6 is 11.6 Å². The zero-order valence-corrected chi connectivity index (χ0v) is 18.2. The van der Waals surface area contributed by atoms with Gasteiger partial charge in [-0.15, -0.1) is 0 Å². The second kappa shape index (κ2) is 8.27. The lowest BCUT2D eigenvalue weighted by atomic mass is 9.97. The van der Waals surface area contributed by atoms with Gasteiger partial charge >= 0.3 is 0 Å². The van der Waals surface area contributed by atoms with Crippen molar-refractivity contribution in [1.82, 2.24) is 19.3 Å². The number of nitrogens with one attached hydrogen (secondary N) is 1. The molecular weight excluding hydrogens is 442 g/mol. The molecule has 2 amide bonds. The lowest BCUT2D eigenvalue weighted by Crippen LogP contribution is -2.44.